The van der Waals surface area contributed by atoms with Gasteiger partial charge in [0.15, 0.2) is 0 Å². The highest BCUT2D eigenvalue weighted by Gasteiger charge is 2.22. The van der Waals surface area contributed by atoms with E-state index in [1.54, 1.807) is 0 Å². The largest absolute Gasteiger partial charge is 0.240 e. The van der Waals surface area contributed by atoms with E-state index in [1.165, 1.54) is 25.0 Å². The van der Waals surface area contributed by atoms with Gasteiger partial charge in [-0.15, -0.1) is 0 Å². The molecule has 0 atom stereocenters. The minimum Gasteiger partial charge on any atom is -0.211 e. The lowest BCUT2D eigenvalue weighted by Gasteiger charge is -2.06. The second-order valence-electron chi connectivity index (χ2n) is 4.21. The van der Waals surface area contributed by atoms with Gasteiger partial charge in [-0.1, -0.05) is 12.8 Å². The number of sulfonamides is 1. The molecule has 1 N–H and O–H groups in total. The zero-order chi connectivity index (χ0) is 12.5. The van der Waals surface area contributed by atoms with Crippen LogP contribution in [0.15, 0.2) is 27.6 Å². The molecule has 1 aliphatic carbocycles. The zero-order valence-electron chi connectivity index (χ0n) is 9.12. The van der Waals surface area contributed by atoms with Gasteiger partial charge in [0, 0.05) is 6.54 Å². The van der Waals surface area contributed by atoms with Gasteiger partial charge in [0.25, 0.3) is 0 Å². The summed E-state index contributed by atoms with van der Waals surface area (Å²) in [5.74, 6) is 0.0921. The number of nitrogens with one attached hydrogen (secondary N) is 1. The summed E-state index contributed by atoms with van der Waals surface area (Å²) >= 11 is 2.99. The van der Waals surface area contributed by atoms with E-state index < -0.39 is 15.8 Å². The van der Waals surface area contributed by atoms with Crippen molar-refractivity contribution in [2.45, 2.75) is 24.2 Å². The van der Waals surface area contributed by atoms with Gasteiger partial charge in [-0.2, -0.15) is 0 Å². The monoisotopic (exact) mass is 321 g/mol. The van der Waals surface area contributed by atoms with Gasteiger partial charge in [-0.25, -0.2) is 17.5 Å². The Bertz CT molecular complexity index is 514. The van der Waals surface area contributed by atoms with E-state index in [4.69, 9.17) is 0 Å². The predicted molar refractivity (Wildman–Crippen MR) is 66.6 cm³/mol. The molecule has 2 rings (SSSR count). The molecule has 1 aromatic rings. The Hall–Kier alpha value is -0.460. The van der Waals surface area contributed by atoms with Crippen molar-refractivity contribution in [2.75, 3.05) is 6.54 Å². The molecule has 94 valence electrons. The number of benzene rings is 1. The standard InChI is InChI=1S/C11H13BrFNO2S/c12-10-4-3-9(7-11(10)13)17(15,16)14-6-5-8-1-2-8/h3-4,7-8,14H,1-2,5-6H2. The van der Waals surface area contributed by atoms with Gasteiger partial charge in [0.1, 0.15) is 5.82 Å². The third kappa shape index (κ3) is 3.50. The molecule has 1 aliphatic rings. The molecule has 1 saturated carbocycles. The van der Waals surface area contributed by atoms with Crippen molar-refractivity contribution >= 4 is 26.0 Å². The average Bonchev–Trinajstić information content (AvgIpc) is 3.05. The third-order valence-electron chi connectivity index (χ3n) is 2.74. The van der Waals surface area contributed by atoms with Crippen LogP contribution < -0.4 is 4.72 Å². The van der Waals surface area contributed by atoms with Crippen LogP contribution in [0.2, 0.25) is 0 Å². The number of hydrogen-bond acceptors (Lipinski definition) is 2. The van der Waals surface area contributed by atoms with E-state index in [0.717, 1.165) is 12.5 Å². The van der Waals surface area contributed by atoms with Gasteiger partial charge >= 0.3 is 0 Å². The Morgan fingerprint density at radius 1 is 1.41 bits per heavy atom. The topological polar surface area (TPSA) is 46.2 Å². The summed E-state index contributed by atoms with van der Waals surface area (Å²) in [4.78, 5) is -0.0333. The lowest BCUT2D eigenvalue weighted by molar-refractivity contribution is 0.571. The fourth-order valence-electron chi connectivity index (χ4n) is 1.53. The maximum atomic E-state index is 13.2. The smallest absolute Gasteiger partial charge is 0.211 e. The van der Waals surface area contributed by atoms with Crippen molar-refractivity contribution in [1.82, 2.24) is 4.72 Å². The zero-order valence-corrected chi connectivity index (χ0v) is 11.5. The van der Waals surface area contributed by atoms with Gasteiger partial charge in [-0.3, -0.25) is 0 Å². The fraction of sp³-hybridized carbons (Fsp3) is 0.455. The molecule has 0 spiro atoms. The molecule has 6 heteroatoms. The Morgan fingerprint density at radius 3 is 2.71 bits per heavy atom. The summed E-state index contributed by atoms with van der Waals surface area (Å²) in [5.41, 5.74) is 0. The molecule has 0 saturated heterocycles. The lowest BCUT2D eigenvalue weighted by Crippen LogP contribution is -2.25. The summed E-state index contributed by atoms with van der Waals surface area (Å²) in [6.07, 6.45) is 3.24. The number of hydrogen-bond donors (Lipinski definition) is 1. The van der Waals surface area contributed by atoms with Crippen LogP contribution in [0.3, 0.4) is 0 Å². The SMILES string of the molecule is O=S(=O)(NCCC1CC1)c1ccc(Br)c(F)c1. The predicted octanol–water partition coefficient (Wildman–Crippen LogP) is 2.67. The number of rotatable bonds is 5. The molecule has 1 fully saturated rings. The molecule has 0 aromatic heterocycles. The summed E-state index contributed by atoms with van der Waals surface area (Å²) in [5, 5.41) is 0. The van der Waals surface area contributed by atoms with E-state index in [2.05, 4.69) is 20.7 Å². The van der Waals surface area contributed by atoms with Gasteiger partial charge in [-0.05, 0) is 46.5 Å². The van der Waals surface area contributed by atoms with Gasteiger partial charge in [0.05, 0.1) is 9.37 Å². The highest BCUT2D eigenvalue weighted by Crippen LogP contribution is 2.31. The summed E-state index contributed by atoms with van der Waals surface area (Å²) < 4.78 is 39.6. The van der Waals surface area contributed by atoms with Crippen LogP contribution in [0.4, 0.5) is 4.39 Å². The lowest BCUT2D eigenvalue weighted by atomic mass is 10.3. The van der Waals surface area contributed by atoms with E-state index in [0.29, 0.717) is 12.5 Å². The second-order valence-corrected chi connectivity index (χ2v) is 6.83. The van der Waals surface area contributed by atoms with Crippen LogP contribution in [0.25, 0.3) is 0 Å². The fourth-order valence-corrected chi connectivity index (χ4v) is 2.84. The minimum atomic E-state index is -3.58. The molecule has 1 aromatic carbocycles. The van der Waals surface area contributed by atoms with Crippen LogP contribution in [0.1, 0.15) is 19.3 Å². The Morgan fingerprint density at radius 2 is 2.12 bits per heavy atom. The Kier molecular flexibility index (Phi) is 3.85. The summed E-state index contributed by atoms with van der Waals surface area (Å²) in [6.45, 7) is 0.421. The molecular formula is C11H13BrFNO2S. The van der Waals surface area contributed by atoms with Crippen molar-refractivity contribution in [3.8, 4) is 0 Å². The Balaban J connectivity index is 2.04. The van der Waals surface area contributed by atoms with Crippen molar-refractivity contribution < 1.29 is 12.8 Å². The molecule has 0 bridgehead atoms. The normalized spacial score (nSPS) is 16.1. The summed E-state index contributed by atoms with van der Waals surface area (Å²) in [7, 11) is -3.58. The van der Waals surface area contributed by atoms with Gasteiger partial charge in [0.2, 0.25) is 10.0 Å². The van der Waals surface area contributed by atoms with E-state index >= 15 is 0 Å². The molecule has 17 heavy (non-hydrogen) atoms. The van der Waals surface area contributed by atoms with E-state index in [-0.39, 0.29) is 9.37 Å². The first-order valence-corrected chi connectivity index (χ1v) is 7.71. The second kappa shape index (κ2) is 5.04. The number of halogens is 2. The van der Waals surface area contributed by atoms with E-state index in [9.17, 15) is 12.8 Å². The highest BCUT2D eigenvalue weighted by molar-refractivity contribution is 9.10. The first kappa shape index (κ1) is 13.0. The average molecular weight is 322 g/mol. The van der Waals surface area contributed by atoms with Crippen molar-refractivity contribution in [3.63, 3.8) is 0 Å². The van der Waals surface area contributed by atoms with Crippen LogP contribution in [-0.4, -0.2) is 15.0 Å². The quantitative estimate of drug-likeness (QED) is 0.906. The highest BCUT2D eigenvalue weighted by atomic mass is 79.9. The van der Waals surface area contributed by atoms with Crippen LogP contribution in [-0.2, 0) is 10.0 Å². The molecular weight excluding hydrogens is 309 g/mol. The molecule has 0 heterocycles. The van der Waals surface area contributed by atoms with Gasteiger partial charge < -0.3 is 0 Å². The van der Waals surface area contributed by atoms with Crippen molar-refractivity contribution in [2.24, 2.45) is 5.92 Å². The van der Waals surface area contributed by atoms with Crippen LogP contribution in [0, 0.1) is 11.7 Å². The van der Waals surface area contributed by atoms with Crippen LogP contribution >= 0.6 is 15.9 Å². The maximum Gasteiger partial charge on any atom is 0.240 e. The molecule has 0 radical (unpaired) electrons. The first-order chi connectivity index (χ1) is 7.99. The molecule has 0 unspecified atom stereocenters. The van der Waals surface area contributed by atoms with Crippen LogP contribution in [0.5, 0.6) is 0 Å². The van der Waals surface area contributed by atoms with Crippen molar-refractivity contribution in [1.29, 1.82) is 0 Å². The minimum absolute atomic E-state index is 0.0333. The molecule has 0 aliphatic heterocycles. The Labute approximate surface area is 109 Å². The first-order valence-electron chi connectivity index (χ1n) is 5.44. The molecule has 3 nitrogen and oxygen atoms in total. The summed E-state index contributed by atoms with van der Waals surface area (Å²) in [6, 6.07) is 3.79. The molecule has 0 amide bonds. The van der Waals surface area contributed by atoms with Crippen molar-refractivity contribution in [3.05, 3.63) is 28.5 Å². The third-order valence-corrected chi connectivity index (χ3v) is 4.84. The van der Waals surface area contributed by atoms with E-state index in [1.807, 2.05) is 0 Å². The maximum absolute atomic E-state index is 13.2.